The zero-order valence-corrected chi connectivity index (χ0v) is 14.3. The van der Waals surface area contributed by atoms with Crippen LogP contribution in [0.3, 0.4) is 0 Å². The molecule has 0 spiro atoms. The molecule has 0 saturated carbocycles. The number of ether oxygens (including phenoxy) is 1. The second kappa shape index (κ2) is 8.66. The Morgan fingerprint density at radius 2 is 1.84 bits per heavy atom. The van der Waals surface area contributed by atoms with Crippen LogP contribution in [0.25, 0.3) is 0 Å². The Morgan fingerprint density at radius 1 is 1.16 bits per heavy atom. The maximum Gasteiger partial charge on any atom is 0.258 e. The van der Waals surface area contributed by atoms with E-state index in [2.05, 4.69) is 10.6 Å². The van der Waals surface area contributed by atoms with Crippen molar-refractivity contribution in [2.75, 3.05) is 17.2 Å². The van der Waals surface area contributed by atoms with E-state index in [0.717, 1.165) is 12.8 Å². The zero-order chi connectivity index (χ0) is 16.9. The van der Waals surface area contributed by atoms with Gasteiger partial charge in [0.05, 0.1) is 12.1 Å². The second-order valence-corrected chi connectivity index (χ2v) is 5.53. The summed E-state index contributed by atoms with van der Waals surface area (Å²) in [4.78, 5) is 24.0. The van der Waals surface area contributed by atoms with E-state index in [4.69, 9.17) is 14.9 Å². The molecule has 0 bridgehead atoms. The normalized spacial score (nSPS) is 16.1. The molecule has 0 aliphatic carbocycles. The first-order valence-corrected chi connectivity index (χ1v) is 7.77. The van der Waals surface area contributed by atoms with Crippen LogP contribution in [-0.4, -0.2) is 24.5 Å². The van der Waals surface area contributed by atoms with Crippen LogP contribution in [0.4, 0.5) is 11.4 Å². The van der Waals surface area contributed by atoms with E-state index in [1.165, 1.54) is 6.26 Å². The lowest BCUT2D eigenvalue weighted by atomic mass is 10.2. The van der Waals surface area contributed by atoms with Crippen LogP contribution in [0.2, 0.25) is 0 Å². The zero-order valence-electron chi connectivity index (χ0n) is 13.5. The van der Waals surface area contributed by atoms with Gasteiger partial charge in [0.25, 0.3) is 11.8 Å². The number of halogens is 1. The summed E-state index contributed by atoms with van der Waals surface area (Å²) in [5.41, 5.74) is 7.13. The van der Waals surface area contributed by atoms with Gasteiger partial charge in [-0.1, -0.05) is 0 Å². The summed E-state index contributed by atoms with van der Waals surface area (Å²) < 4.78 is 10.5. The van der Waals surface area contributed by atoms with Gasteiger partial charge >= 0.3 is 0 Å². The maximum atomic E-state index is 12.1. The predicted molar refractivity (Wildman–Crippen MR) is 95.8 cm³/mol. The number of carbonyl (C=O) groups is 2. The minimum absolute atomic E-state index is 0. The molecule has 1 aliphatic heterocycles. The van der Waals surface area contributed by atoms with Gasteiger partial charge in [0.15, 0.2) is 0 Å². The largest absolute Gasteiger partial charge is 0.467 e. The van der Waals surface area contributed by atoms with Crippen LogP contribution < -0.4 is 16.4 Å². The molecule has 0 radical (unpaired) electrons. The number of nitrogens with one attached hydrogen (secondary N) is 2. The minimum Gasteiger partial charge on any atom is -0.467 e. The topological polar surface area (TPSA) is 107 Å². The van der Waals surface area contributed by atoms with E-state index in [9.17, 15) is 9.59 Å². The highest BCUT2D eigenvalue weighted by Crippen LogP contribution is 2.18. The molecule has 2 aromatic rings. The number of benzene rings is 1. The number of carbonyl (C=O) groups excluding carboxylic acids is 2. The van der Waals surface area contributed by atoms with Gasteiger partial charge in [0.2, 0.25) is 0 Å². The Bertz CT molecular complexity index is 724. The number of furan rings is 1. The monoisotopic (exact) mass is 365 g/mol. The highest BCUT2D eigenvalue weighted by molar-refractivity contribution is 6.04. The molecule has 2 heterocycles. The summed E-state index contributed by atoms with van der Waals surface area (Å²) in [5.74, 6) is 0.124. The number of amides is 2. The first-order valence-electron chi connectivity index (χ1n) is 7.77. The van der Waals surface area contributed by atoms with Crippen molar-refractivity contribution in [1.29, 1.82) is 0 Å². The molecule has 134 valence electrons. The number of hydrogen-bond acceptors (Lipinski definition) is 5. The van der Waals surface area contributed by atoms with Crippen molar-refractivity contribution in [2.45, 2.75) is 25.5 Å². The first kappa shape index (κ1) is 19.0. The lowest BCUT2D eigenvalue weighted by Crippen LogP contribution is -2.26. The average Bonchev–Trinajstić information content (AvgIpc) is 3.28. The van der Waals surface area contributed by atoms with E-state index in [1.54, 1.807) is 30.3 Å². The van der Waals surface area contributed by atoms with Crippen molar-refractivity contribution in [1.82, 2.24) is 0 Å². The standard InChI is InChI=1S/C17H19N3O4.ClH/c18-9-14-8-11(10-24-14)16(21)19-12-3-5-13(6-4-12)20-17(22)15-2-1-7-23-15;/h3-6,8,10,15H,1-2,7,9,18H2,(H,19,21)(H,20,22);1H. The molecule has 1 fully saturated rings. The van der Waals surface area contributed by atoms with Gasteiger partial charge < -0.3 is 25.5 Å². The number of hydrogen-bond donors (Lipinski definition) is 3. The molecular formula is C17H20ClN3O4. The lowest BCUT2D eigenvalue weighted by molar-refractivity contribution is -0.124. The minimum atomic E-state index is -0.373. The van der Waals surface area contributed by atoms with Gasteiger partial charge in [0, 0.05) is 18.0 Å². The molecule has 1 aliphatic rings. The third-order valence-corrected chi connectivity index (χ3v) is 3.75. The Hall–Kier alpha value is -2.35. The third kappa shape index (κ3) is 4.82. The van der Waals surface area contributed by atoms with Crippen molar-refractivity contribution in [3.05, 3.63) is 47.9 Å². The van der Waals surface area contributed by atoms with Gasteiger partial charge in [-0.25, -0.2) is 0 Å². The molecule has 1 saturated heterocycles. The van der Waals surface area contributed by atoms with Gasteiger partial charge in [-0.05, 0) is 43.2 Å². The number of anilines is 2. The van der Waals surface area contributed by atoms with Gasteiger partial charge in [0.1, 0.15) is 18.1 Å². The molecular weight excluding hydrogens is 346 g/mol. The van der Waals surface area contributed by atoms with Crippen molar-refractivity contribution in [3.8, 4) is 0 Å². The summed E-state index contributed by atoms with van der Waals surface area (Å²) in [6.07, 6.45) is 2.65. The fourth-order valence-electron chi connectivity index (χ4n) is 2.45. The van der Waals surface area contributed by atoms with Crippen LogP contribution in [0.15, 0.2) is 41.0 Å². The summed E-state index contributed by atoms with van der Waals surface area (Å²) in [6.45, 7) is 0.870. The van der Waals surface area contributed by atoms with Crippen molar-refractivity contribution < 1.29 is 18.7 Å². The second-order valence-electron chi connectivity index (χ2n) is 5.53. The predicted octanol–water partition coefficient (Wildman–Crippen LogP) is 2.53. The Labute approximate surface area is 151 Å². The number of rotatable bonds is 5. The van der Waals surface area contributed by atoms with E-state index in [0.29, 0.717) is 29.3 Å². The van der Waals surface area contributed by atoms with Crippen LogP contribution in [0.5, 0.6) is 0 Å². The van der Waals surface area contributed by atoms with Crippen LogP contribution >= 0.6 is 12.4 Å². The SMILES string of the molecule is Cl.NCc1cc(C(=O)Nc2ccc(NC(=O)C3CCCO3)cc2)co1. The lowest BCUT2D eigenvalue weighted by Gasteiger charge is -2.11. The molecule has 1 aromatic heterocycles. The van der Waals surface area contributed by atoms with Crippen LogP contribution in [0.1, 0.15) is 29.0 Å². The van der Waals surface area contributed by atoms with Crippen molar-refractivity contribution in [2.24, 2.45) is 5.73 Å². The molecule has 3 rings (SSSR count). The smallest absolute Gasteiger partial charge is 0.258 e. The van der Waals surface area contributed by atoms with Gasteiger partial charge in [-0.3, -0.25) is 9.59 Å². The molecule has 1 atom stereocenters. The number of nitrogens with two attached hydrogens (primary N) is 1. The molecule has 1 unspecified atom stereocenters. The Balaban J connectivity index is 0.00000225. The van der Waals surface area contributed by atoms with Crippen LogP contribution in [-0.2, 0) is 16.1 Å². The van der Waals surface area contributed by atoms with E-state index in [1.807, 2.05) is 0 Å². The molecule has 2 amide bonds. The summed E-state index contributed by atoms with van der Waals surface area (Å²) in [5, 5.41) is 5.56. The van der Waals surface area contributed by atoms with Gasteiger partial charge in [-0.15, -0.1) is 12.4 Å². The fourth-order valence-corrected chi connectivity index (χ4v) is 2.45. The summed E-state index contributed by atoms with van der Waals surface area (Å²) in [6, 6.07) is 8.48. The fraction of sp³-hybridized carbons (Fsp3) is 0.294. The average molecular weight is 366 g/mol. The van der Waals surface area contributed by atoms with E-state index >= 15 is 0 Å². The summed E-state index contributed by atoms with van der Waals surface area (Å²) >= 11 is 0. The van der Waals surface area contributed by atoms with Gasteiger partial charge in [-0.2, -0.15) is 0 Å². The highest BCUT2D eigenvalue weighted by atomic mass is 35.5. The molecule has 4 N–H and O–H groups in total. The van der Waals surface area contributed by atoms with Crippen molar-refractivity contribution >= 4 is 35.6 Å². The summed E-state index contributed by atoms with van der Waals surface area (Å²) in [7, 11) is 0. The molecule has 25 heavy (non-hydrogen) atoms. The van der Waals surface area contributed by atoms with E-state index in [-0.39, 0.29) is 36.9 Å². The van der Waals surface area contributed by atoms with Crippen LogP contribution in [0, 0.1) is 0 Å². The maximum absolute atomic E-state index is 12.1. The Kier molecular flexibility index (Phi) is 6.58. The molecule has 8 heteroatoms. The highest BCUT2D eigenvalue weighted by Gasteiger charge is 2.23. The first-order chi connectivity index (χ1) is 11.7. The third-order valence-electron chi connectivity index (χ3n) is 3.75. The quantitative estimate of drug-likeness (QED) is 0.754. The molecule has 7 nitrogen and oxygen atoms in total. The Morgan fingerprint density at radius 3 is 2.40 bits per heavy atom. The van der Waals surface area contributed by atoms with Crippen molar-refractivity contribution in [3.63, 3.8) is 0 Å². The van der Waals surface area contributed by atoms with E-state index < -0.39 is 0 Å². The molecule has 1 aromatic carbocycles.